The molecule has 0 aliphatic rings. The molecule has 12 heteroatoms. The first-order chi connectivity index (χ1) is 14.9. The van der Waals surface area contributed by atoms with Crippen molar-refractivity contribution >= 4 is 20.2 Å². The molecule has 0 aliphatic heterocycles. The molecule has 178 valence electrons. The van der Waals surface area contributed by atoms with Gasteiger partial charge in [0.1, 0.15) is 6.10 Å². The van der Waals surface area contributed by atoms with Crippen LogP contribution in [0.4, 0.5) is 0 Å². The van der Waals surface area contributed by atoms with E-state index in [1.54, 1.807) is 24.3 Å². The number of hydrogen-bond donors (Lipinski definition) is 1. The SMILES string of the molecule is COc1cc(CCCS(=O)(=O)[O-])ccc1OC(Cc1cccc(OC)c1O)CS(=O)(=O)[O-]. The van der Waals surface area contributed by atoms with Crippen molar-refractivity contribution in [1.82, 2.24) is 0 Å². The molecule has 0 amide bonds. The van der Waals surface area contributed by atoms with Crippen molar-refractivity contribution in [2.75, 3.05) is 25.7 Å². The van der Waals surface area contributed by atoms with Crippen molar-refractivity contribution in [2.45, 2.75) is 25.4 Å². The summed E-state index contributed by atoms with van der Waals surface area (Å²) in [6.07, 6.45) is -0.812. The number of phenolic OH excluding ortho intramolecular Hbond substituents is 1. The average Bonchev–Trinajstić information content (AvgIpc) is 2.68. The number of benzene rings is 2. The van der Waals surface area contributed by atoms with Gasteiger partial charge in [0.25, 0.3) is 0 Å². The van der Waals surface area contributed by atoms with E-state index in [9.17, 15) is 31.0 Å². The molecule has 1 atom stereocenters. The van der Waals surface area contributed by atoms with Crippen LogP contribution in [0.25, 0.3) is 0 Å². The third-order valence-electron chi connectivity index (χ3n) is 4.52. The van der Waals surface area contributed by atoms with Crippen molar-refractivity contribution in [3.63, 3.8) is 0 Å². The predicted molar refractivity (Wildman–Crippen MR) is 113 cm³/mol. The van der Waals surface area contributed by atoms with Crippen LogP contribution in [0.3, 0.4) is 0 Å². The van der Waals surface area contributed by atoms with Crippen molar-refractivity contribution in [2.24, 2.45) is 0 Å². The van der Waals surface area contributed by atoms with Crippen LogP contribution in [0.5, 0.6) is 23.0 Å². The van der Waals surface area contributed by atoms with Crippen LogP contribution in [0.1, 0.15) is 17.5 Å². The fourth-order valence-corrected chi connectivity index (χ4v) is 4.24. The lowest BCUT2D eigenvalue weighted by Gasteiger charge is -2.23. The summed E-state index contributed by atoms with van der Waals surface area (Å²) in [5, 5.41) is 10.3. The minimum atomic E-state index is -4.66. The van der Waals surface area contributed by atoms with Gasteiger partial charge >= 0.3 is 0 Å². The van der Waals surface area contributed by atoms with Gasteiger partial charge in [-0.3, -0.25) is 0 Å². The molecule has 0 fully saturated rings. The van der Waals surface area contributed by atoms with E-state index in [4.69, 9.17) is 14.2 Å². The van der Waals surface area contributed by atoms with Gasteiger partial charge in [-0.1, -0.05) is 18.2 Å². The number of ether oxygens (including phenoxy) is 3. The van der Waals surface area contributed by atoms with Gasteiger partial charge in [0, 0.05) is 17.7 Å². The molecule has 0 spiro atoms. The van der Waals surface area contributed by atoms with Crippen LogP contribution >= 0.6 is 0 Å². The molecule has 0 bridgehead atoms. The van der Waals surface area contributed by atoms with E-state index in [0.717, 1.165) is 0 Å². The van der Waals surface area contributed by atoms with E-state index in [1.807, 2.05) is 0 Å². The van der Waals surface area contributed by atoms with Gasteiger partial charge in [0.2, 0.25) is 0 Å². The highest BCUT2D eigenvalue weighted by atomic mass is 32.2. The smallest absolute Gasteiger partial charge is 0.161 e. The van der Waals surface area contributed by atoms with Crippen LogP contribution in [0.15, 0.2) is 36.4 Å². The molecule has 0 saturated carbocycles. The van der Waals surface area contributed by atoms with Gasteiger partial charge in [-0.05, 0) is 36.6 Å². The first-order valence-corrected chi connectivity index (χ1v) is 12.6. The van der Waals surface area contributed by atoms with Gasteiger partial charge in [0.05, 0.1) is 40.2 Å². The van der Waals surface area contributed by atoms with Gasteiger partial charge in [-0.15, -0.1) is 0 Å². The Balaban J connectivity index is 2.25. The Labute approximate surface area is 187 Å². The summed E-state index contributed by atoms with van der Waals surface area (Å²) in [4.78, 5) is 0. The zero-order chi connectivity index (χ0) is 23.9. The second kappa shape index (κ2) is 10.9. The van der Waals surface area contributed by atoms with Crippen LogP contribution in [0.2, 0.25) is 0 Å². The minimum Gasteiger partial charge on any atom is -0.748 e. The molecule has 32 heavy (non-hydrogen) atoms. The molecule has 2 rings (SSSR count). The minimum absolute atomic E-state index is 0.100. The quantitative estimate of drug-likeness (QED) is 0.432. The van der Waals surface area contributed by atoms with Gasteiger partial charge < -0.3 is 28.4 Å². The highest BCUT2D eigenvalue weighted by molar-refractivity contribution is 7.85. The maximum atomic E-state index is 11.4. The Kier molecular flexibility index (Phi) is 8.73. The van der Waals surface area contributed by atoms with Crippen molar-refractivity contribution in [3.05, 3.63) is 47.5 Å². The summed E-state index contributed by atoms with van der Waals surface area (Å²) < 4.78 is 82.5. The molecule has 1 N–H and O–H groups in total. The molecule has 0 aromatic heterocycles. The zero-order valence-corrected chi connectivity index (χ0v) is 19.1. The summed E-state index contributed by atoms with van der Waals surface area (Å²) in [5.41, 5.74) is 1.00. The molecule has 2 aromatic rings. The fourth-order valence-electron chi connectivity index (χ4n) is 3.10. The Hall–Kier alpha value is -2.54. The van der Waals surface area contributed by atoms with Gasteiger partial charge in [0.15, 0.2) is 23.0 Å². The summed E-state index contributed by atoms with van der Waals surface area (Å²) in [6, 6.07) is 9.36. The Morgan fingerprint density at radius 1 is 0.938 bits per heavy atom. The predicted octanol–water partition coefficient (Wildman–Crippen LogP) is 1.42. The molecule has 0 aliphatic carbocycles. The van der Waals surface area contributed by atoms with Crippen LogP contribution in [-0.2, 0) is 33.1 Å². The van der Waals surface area contributed by atoms with E-state index in [1.165, 1.54) is 26.4 Å². The second-order valence-corrected chi connectivity index (χ2v) is 9.96. The molecular formula is C20H24O10S2-2. The number of phenols is 1. The molecular weight excluding hydrogens is 464 g/mol. The summed E-state index contributed by atoms with van der Waals surface area (Å²) in [5.74, 6) is -0.966. The number of rotatable bonds is 12. The molecule has 0 radical (unpaired) electrons. The lowest BCUT2D eigenvalue weighted by Crippen LogP contribution is -2.29. The number of para-hydroxylation sites is 1. The Morgan fingerprint density at radius 3 is 2.22 bits per heavy atom. The molecule has 1 unspecified atom stereocenters. The topological polar surface area (TPSA) is 162 Å². The maximum Gasteiger partial charge on any atom is 0.161 e. The maximum absolute atomic E-state index is 11.4. The average molecular weight is 489 g/mol. The fraction of sp³-hybridized carbons (Fsp3) is 0.400. The molecule has 0 saturated heterocycles. The van der Waals surface area contributed by atoms with Crippen LogP contribution in [0, 0.1) is 0 Å². The first kappa shape index (κ1) is 25.7. The highest BCUT2D eigenvalue weighted by Crippen LogP contribution is 2.33. The zero-order valence-electron chi connectivity index (χ0n) is 17.5. The van der Waals surface area contributed by atoms with E-state index in [2.05, 4.69) is 0 Å². The number of aromatic hydroxyl groups is 1. The molecule has 10 nitrogen and oxygen atoms in total. The standard InChI is InChI=1S/C20H26O10S2/c1-28-18-7-3-6-15(20(18)21)12-16(13-32(25,26)27)30-17-9-8-14(11-19(17)29-2)5-4-10-31(22,23)24/h3,6-9,11,16,21H,4-5,10,12-13H2,1-2H3,(H,22,23,24)(H,25,26,27)/p-2. The third-order valence-corrected chi connectivity index (χ3v) is 6.09. The summed E-state index contributed by atoms with van der Waals surface area (Å²) in [6.45, 7) is 0. The van der Waals surface area contributed by atoms with E-state index in [-0.39, 0.29) is 35.8 Å². The van der Waals surface area contributed by atoms with Crippen molar-refractivity contribution in [1.29, 1.82) is 0 Å². The normalized spacial score (nSPS) is 12.9. The highest BCUT2D eigenvalue weighted by Gasteiger charge is 2.20. The van der Waals surface area contributed by atoms with Crippen LogP contribution < -0.4 is 14.2 Å². The molecule has 0 heterocycles. The van der Waals surface area contributed by atoms with Crippen LogP contribution in [-0.4, -0.2) is 62.9 Å². The Morgan fingerprint density at radius 2 is 1.62 bits per heavy atom. The lowest BCUT2D eigenvalue weighted by atomic mass is 10.1. The van der Waals surface area contributed by atoms with E-state index >= 15 is 0 Å². The van der Waals surface area contributed by atoms with Crippen molar-refractivity contribution in [3.8, 4) is 23.0 Å². The summed E-state index contributed by atoms with van der Waals surface area (Å²) >= 11 is 0. The lowest BCUT2D eigenvalue weighted by molar-refractivity contribution is 0.209. The largest absolute Gasteiger partial charge is 0.748 e. The van der Waals surface area contributed by atoms with Gasteiger partial charge in [-0.25, -0.2) is 16.8 Å². The number of hydrogen-bond acceptors (Lipinski definition) is 10. The number of aryl methyl sites for hydroxylation is 1. The van der Waals surface area contributed by atoms with E-state index in [0.29, 0.717) is 17.5 Å². The summed E-state index contributed by atoms with van der Waals surface area (Å²) in [7, 11) is -6.24. The number of methoxy groups -OCH3 is 2. The molecule has 2 aromatic carbocycles. The van der Waals surface area contributed by atoms with E-state index < -0.39 is 37.8 Å². The second-order valence-electron chi connectivity index (χ2n) is 6.99. The van der Waals surface area contributed by atoms with Gasteiger partial charge in [-0.2, -0.15) is 0 Å². The third kappa shape index (κ3) is 8.19. The van der Waals surface area contributed by atoms with Crippen molar-refractivity contribution < 1.29 is 45.3 Å². The monoisotopic (exact) mass is 488 g/mol. The Bertz CT molecular complexity index is 1130. The first-order valence-electron chi connectivity index (χ1n) is 9.47.